The molecule has 0 aromatic heterocycles. The zero-order chi connectivity index (χ0) is 12.8. The van der Waals surface area contributed by atoms with Gasteiger partial charge in [-0.1, -0.05) is 12.1 Å². The van der Waals surface area contributed by atoms with Crippen LogP contribution in [0.1, 0.15) is 22.3 Å². The van der Waals surface area contributed by atoms with E-state index in [1.165, 1.54) is 18.2 Å². The van der Waals surface area contributed by atoms with Crippen LogP contribution in [-0.2, 0) is 11.2 Å². The first kappa shape index (κ1) is 13.1. The molecule has 0 amide bonds. The van der Waals surface area contributed by atoms with Crippen molar-refractivity contribution < 1.29 is 28.2 Å². The molecule has 0 atom stereocenters. The number of aldehydes is 1. The number of ether oxygens (including phenoxy) is 1. The van der Waals surface area contributed by atoms with Crippen LogP contribution in [0.2, 0.25) is 0 Å². The summed E-state index contributed by atoms with van der Waals surface area (Å²) in [5.41, 5.74) is -0.0639. The lowest BCUT2D eigenvalue weighted by atomic mass is 10.0. The maximum absolute atomic E-state index is 12.2. The highest BCUT2D eigenvalue weighted by Gasteiger charge is 2.18. The summed E-state index contributed by atoms with van der Waals surface area (Å²) < 4.78 is 28.6. The van der Waals surface area contributed by atoms with Crippen molar-refractivity contribution in [1.29, 1.82) is 0 Å². The van der Waals surface area contributed by atoms with Crippen LogP contribution in [0, 0.1) is 0 Å². The van der Waals surface area contributed by atoms with Gasteiger partial charge in [0.05, 0.1) is 0 Å². The van der Waals surface area contributed by atoms with Gasteiger partial charge in [-0.2, -0.15) is 8.78 Å². The van der Waals surface area contributed by atoms with E-state index in [0.29, 0.717) is 6.29 Å². The number of hydrogen-bond donors (Lipinski definition) is 1. The van der Waals surface area contributed by atoms with Gasteiger partial charge >= 0.3 is 12.6 Å². The molecule has 0 fully saturated rings. The second kappa shape index (κ2) is 5.93. The van der Waals surface area contributed by atoms with E-state index in [4.69, 9.17) is 5.11 Å². The van der Waals surface area contributed by atoms with E-state index in [0.717, 1.165) is 0 Å². The van der Waals surface area contributed by atoms with Crippen molar-refractivity contribution in [1.82, 2.24) is 0 Å². The van der Waals surface area contributed by atoms with E-state index in [1.807, 2.05) is 0 Å². The molecule has 4 nitrogen and oxygen atoms in total. The van der Waals surface area contributed by atoms with Gasteiger partial charge in [0, 0.05) is 6.42 Å². The smallest absolute Gasteiger partial charge is 0.387 e. The van der Waals surface area contributed by atoms with E-state index < -0.39 is 12.6 Å². The molecule has 6 heteroatoms. The molecular weight excluding hydrogens is 234 g/mol. The summed E-state index contributed by atoms with van der Waals surface area (Å²) in [6, 6.07) is 4.04. The van der Waals surface area contributed by atoms with Crippen LogP contribution in [0.15, 0.2) is 18.2 Å². The SMILES string of the molecule is O=CCCc1cccc(C(=O)O)c1OC(F)F. The first-order chi connectivity index (χ1) is 8.06. The van der Waals surface area contributed by atoms with Crippen molar-refractivity contribution in [2.75, 3.05) is 0 Å². The van der Waals surface area contributed by atoms with Crippen LogP contribution in [-0.4, -0.2) is 24.0 Å². The second-order valence-corrected chi connectivity index (χ2v) is 3.18. The lowest BCUT2D eigenvalue weighted by Gasteiger charge is -2.12. The maximum atomic E-state index is 12.2. The number of hydrogen-bond acceptors (Lipinski definition) is 3. The van der Waals surface area contributed by atoms with Crippen molar-refractivity contribution >= 4 is 12.3 Å². The van der Waals surface area contributed by atoms with Crippen LogP contribution in [0.3, 0.4) is 0 Å². The Morgan fingerprint density at radius 1 is 1.47 bits per heavy atom. The van der Waals surface area contributed by atoms with Gasteiger partial charge in [-0.15, -0.1) is 0 Å². The van der Waals surface area contributed by atoms with Crippen molar-refractivity contribution in [2.24, 2.45) is 0 Å². The molecular formula is C11H10F2O4. The number of carbonyl (C=O) groups is 2. The quantitative estimate of drug-likeness (QED) is 0.778. The normalized spacial score (nSPS) is 10.3. The molecule has 0 radical (unpaired) electrons. The second-order valence-electron chi connectivity index (χ2n) is 3.18. The van der Waals surface area contributed by atoms with E-state index in [2.05, 4.69) is 4.74 Å². The molecule has 0 spiro atoms. The molecule has 0 saturated carbocycles. The predicted octanol–water partition coefficient (Wildman–Crippen LogP) is 2.12. The Hall–Kier alpha value is -1.98. The number of alkyl halides is 2. The Morgan fingerprint density at radius 2 is 2.18 bits per heavy atom. The van der Waals surface area contributed by atoms with Crippen LogP contribution in [0.4, 0.5) is 8.78 Å². The Kier molecular flexibility index (Phi) is 4.56. The van der Waals surface area contributed by atoms with Gasteiger partial charge in [-0.3, -0.25) is 0 Å². The number of carboxylic acid groups (broad SMARTS) is 1. The Morgan fingerprint density at radius 3 is 2.71 bits per heavy atom. The summed E-state index contributed by atoms with van der Waals surface area (Å²) in [5, 5.41) is 8.83. The molecule has 17 heavy (non-hydrogen) atoms. The lowest BCUT2D eigenvalue weighted by molar-refractivity contribution is -0.107. The van der Waals surface area contributed by atoms with Gasteiger partial charge < -0.3 is 14.6 Å². The highest BCUT2D eigenvalue weighted by molar-refractivity contribution is 5.91. The minimum absolute atomic E-state index is 0.114. The molecule has 0 unspecified atom stereocenters. The molecule has 0 saturated heterocycles. The fourth-order valence-electron chi connectivity index (χ4n) is 1.39. The van der Waals surface area contributed by atoms with Crippen molar-refractivity contribution in [2.45, 2.75) is 19.5 Å². The fraction of sp³-hybridized carbons (Fsp3) is 0.273. The van der Waals surface area contributed by atoms with Crippen LogP contribution in [0.25, 0.3) is 0 Å². The average molecular weight is 244 g/mol. The number of rotatable bonds is 6. The number of para-hydroxylation sites is 1. The molecule has 92 valence electrons. The molecule has 0 aliphatic heterocycles. The summed E-state index contributed by atoms with van der Waals surface area (Å²) in [6.07, 6.45) is 0.898. The van der Waals surface area contributed by atoms with Gasteiger partial charge in [0.15, 0.2) is 0 Å². The highest BCUT2D eigenvalue weighted by atomic mass is 19.3. The average Bonchev–Trinajstić information content (AvgIpc) is 2.26. The number of aromatic carboxylic acids is 1. The Bertz CT molecular complexity index is 418. The van der Waals surface area contributed by atoms with E-state index in [1.54, 1.807) is 0 Å². The third-order valence-corrected chi connectivity index (χ3v) is 2.07. The molecule has 1 aromatic rings. The molecule has 1 aromatic carbocycles. The van der Waals surface area contributed by atoms with Crippen LogP contribution >= 0.6 is 0 Å². The highest BCUT2D eigenvalue weighted by Crippen LogP contribution is 2.27. The molecule has 0 aliphatic carbocycles. The Balaban J connectivity index is 3.13. The van der Waals surface area contributed by atoms with Gasteiger partial charge in [0.1, 0.15) is 17.6 Å². The molecule has 0 aliphatic rings. The topological polar surface area (TPSA) is 63.6 Å². The van der Waals surface area contributed by atoms with Crippen molar-refractivity contribution in [3.63, 3.8) is 0 Å². The standard InChI is InChI=1S/C11H10F2O4/c12-11(13)17-9-7(4-2-6-14)3-1-5-8(9)10(15)16/h1,3,5-6,11H,2,4H2,(H,15,16). The Labute approximate surface area is 95.8 Å². The maximum Gasteiger partial charge on any atom is 0.387 e. The van der Waals surface area contributed by atoms with Gasteiger partial charge in [0.2, 0.25) is 0 Å². The summed E-state index contributed by atoms with van der Waals surface area (Å²) >= 11 is 0. The third kappa shape index (κ3) is 3.51. The molecule has 0 heterocycles. The van der Waals surface area contributed by atoms with Crippen LogP contribution in [0.5, 0.6) is 5.75 Å². The predicted molar refractivity (Wildman–Crippen MR) is 54.4 cm³/mol. The van der Waals surface area contributed by atoms with E-state index in [-0.39, 0.29) is 29.7 Å². The number of aryl methyl sites for hydroxylation is 1. The number of halogens is 2. The zero-order valence-electron chi connectivity index (χ0n) is 8.73. The summed E-state index contributed by atoms with van der Waals surface area (Å²) in [5.74, 6) is -1.73. The van der Waals surface area contributed by atoms with Gasteiger partial charge in [0.25, 0.3) is 0 Å². The van der Waals surface area contributed by atoms with Crippen molar-refractivity contribution in [3.8, 4) is 5.75 Å². The van der Waals surface area contributed by atoms with E-state index in [9.17, 15) is 18.4 Å². The summed E-state index contributed by atoms with van der Waals surface area (Å²) in [4.78, 5) is 21.1. The van der Waals surface area contributed by atoms with Gasteiger partial charge in [-0.05, 0) is 18.1 Å². The fourth-order valence-corrected chi connectivity index (χ4v) is 1.39. The van der Waals surface area contributed by atoms with Gasteiger partial charge in [-0.25, -0.2) is 4.79 Å². The minimum Gasteiger partial charge on any atom is -0.478 e. The molecule has 1 N–H and O–H groups in total. The summed E-state index contributed by atoms with van der Waals surface area (Å²) in [7, 11) is 0. The monoisotopic (exact) mass is 244 g/mol. The van der Waals surface area contributed by atoms with Crippen LogP contribution < -0.4 is 4.74 Å². The largest absolute Gasteiger partial charge is 0.478 e. The molecule has 1 rings (SSSR count). The van der Waals surface area contributed by atoms with Crippen molar-refractivity contribution in [3.05, 3.63) is 29.3 Å². The lowest BCUT2D eigenvalue weighted by Crippen LogP contribution is -2.10. The zero-order valence-corrected chi connectivity index (χ0v) is 8.73. The minimum atomic E-state index is -3.11. The molecule has 0 bridgehead atoms. The number of carboxylic acids is 1. The third-order valence-electron chi connectivity index (χ3n) is 2.07. The first-order valence-electron chi connectivity index (χ1n) is 4.80. The number of benzene rings is 1. The van der Waals surface area contributed by atoms with E-state index >= 15 is 0 Å². The first-order valence-corrected chi connectivity index (χ1v) is 4.80. The summed E-state index contributed by atoms with van der Waals surface area (Å²) in [6.45, 7) is -3.11. The number of carbonyl (C=O) groups excluding carboxylic acids is 1.